The molecule has 2 aromatic rings. The van der Waals surface area contributed by atoms with Gasteiger partial charge in [-0.3, -0.25) is 14.9 Å². The number of nitro groups is 1. The standard InChI is InChI=1S/C17H17Cl2N5O4/c1-9(25)8-20-15-7-16(21-10(2)26)17(6-13(15)19)23-22-14-4-3-11(24(27)28)5-12(14)18/h3-7,9,20,25H,8H2,1-2H3,(H,21,26)/t9-/m0/s1. The smallest absolute Gasteiger partial charge is 0.271 e. The van der Waals surface area contributed by atoms with Gasteiger partial charge in [0.05, 0.1) is 32.4 Å². The van der Waals surface area contributed by atoms with Gasteiger partial charge >= 0.3 is 0 Å². The number of rotatable bonds is 7. The lowest BCUT2D eigenvalue weighted by molar-refractivity contribution is -0.384. The van der Waals surface area contributed by atoms with Crippen LogP contribution in [0.1, 0.15) is 13.8 Å². The number of carbonyl (C=O) groups is 1. The maximum Gasteiger partial charge on any atom is 0.271 e. The Morgan fingerprint density at radius 2 is 1.86 bits per heavy atom. The van der Waals surface area contributed by atoms with Crippen LogP contribution in [-0.2, 0) is 4.79 Å². The third kappa shape index (κ3) is 5.88. The lowest BCUT2D eigenvalue weighted by Crippen LogP contribution is -2.16. The van der Waals surface area contributed by atoms with E-state index in [1.807, 2.05) is 0 Å². The van der Waals surface area contributed by atoms with Gasteiger partial charge < -0.3 is 15.7 Å². The number of halogens is 2. The van der Waals surface area contributed by atoms with Gasteiger partial charge in [-0.05, 0) is 25.1 Å². The Morgan fingerprint density at radius 3 is 2.43 bits per heavy atom. The highest BCUT2D eigenvalue weighted by atomic mass is 35.5. The quantitative estimate of drug-likeness (QED) is 0.323. The monoisotopic (exact) mass is 425 g/mol. The Bertz CT molecular complexity index is 934. The summed E-state index contributed by atoms with van der Waals surface area (Å²) in [5.74, 6) is -0.325. The van der Waals surface area contributed by atoms with Gasteiger partial charge in [0.1, 0.15) is 11.4 Å². The Kier molecular flexibility index (Phi) is 7.27. The van der Waals surface area contributed by atoms with Crippen molar-refractivity contribution in [3.05, 3.63) is 50.5 Å². The van der Waals surface area contributed by atoms with Gasteiger partial charge in [-0.2, -0.15) is 0 Å². The van der Waals surface area contributed by atoms with Gasteiger partial charge in [-0.1, -0.05) is 23.2 Å². The predicted octanol–water partition coefficient (Wildman–Crippen LogP) is 5.07. The number of nitro benzene ring substituents is 1. The highest BCUT2D eigenvalue weighted by Gasteiger charge is 2.12. The van der Waals surface area contributed by atoms with E-state index >= 15 is 0 Å². The Morgan fingerprint density at radius 1 is 1.18 bits per heavy atom. The number of amides is 1. The summed E-state index contributed by atoms with van der Waals surface area (Å²) in [7, 11) is 0. The highest BCUT2D eigenvalue weighted by molar-refractivity contribution is 6.34. The van der Waals surface area contributed by atoms with Gasteiger partial charge in [0.2, 0.25) is 5.91 Å². The molecule has 3 N–H and O–H groups in total. The molecule has 0 bridgehead atoms. The van der Waals surface area contributed by atoms with Gasteiger partial charge in [-0.25, -0.2) is 0 Å². The first-order chi connectivity index (χ1) is 13.2. The minimum atomic E-state index is -0.594. The number of hydrogen-bond donors (Lipinski definition) is 3. The summed E-state index contributed by atoms with van der Waals surface area (Å²) in [5.41, 5.74) is 1.15. The first kappa shape index (κ1) is 21.5. The van der Waals surface area contributed by atoms with E-state index in [2.05, 4.69) is 20.9 Å². The predicted molar refractivity (Wildman–Crippen MR) is 108 cm³/mol. The van der Waals surface area contributed by atoms with E-state index in [0.717, 1.165) is 0 Å². The van der Waals surface area contributed by atoms with Gasteiger partial charge in [-0.15, -0.1) is 10.2 Å². The molecule has 0 aliphatic rings. The lowest BCUT2D eigenvalue weighted by Gasteiger charge is -2.14. The molecule has 1 amide bonds. The number of azo groups is 1. The van der Waals surface area contributed by atoms with Crippen LogP contribution in [0.5, 0.6) is 0 Å². The van der Waals surface area contributed by atoms with Gasteiger partial charge in [0, 0.05) is 25.6 Å². The molecule has 28 heavy (non-hydrogen) atoms. The molecule has 1 atom stereocenters. The number of hydrogen-bond acceptors (Lipinski definition) is 7. The van der Waals surface area contributed by atoms with Crippen molar-refractivity contribution in [3.8, 4) is 0 Å². The molecule has 2 rings (SSSR count). The zero-order chi connectivity index (χ0) is 20.8. The Hall–Kier alpha value is -2.75. The molecule has 0 fully saturated rings. The molecule has 0 aliphatic carbocycles. The molecular formula is C17H17Cl2N5O4. The second kappa shape index (κ2) is 9.45. The summed E-state index contributed by atoms with van der Waals surface area (Å²) < 4.78 is 0. The van der Waals surface area contributed by atoms with Crippen molar-refractivity contribution >= 4 is 57.5 Å². The van der Waals surface area contributed by atoms with Crippen LogP contribution >= 0.6 is 23.2 Å². The molecule has 0 aliphatic heterocycles. The minimum Gasteiger partial charge on any atom is -0.392 e. The van der Waals surface area contributed by atoms with Gasteiger partial charge in [0.15, 0.2) is 0 Å². The molecule has 0 heterocycles. The second-order valence-corrected chi connectivity index (χ2v) is 6.67. The fraction of sp³-hybridized carbons (Fsp3) is 0.235. The fourth-order valence-corrected chi connectivity index (χ4v) is 2.56. The zero-order valence-electron chi connectivity index (χ0n) is 14.9. The number of non-ortho nitro benzene ring substituents is 1. The van der Waals surface area contributed by atoms with Crippen molar-refractivity contribution in [2.75, 3.05) is 17.2 Å². The summed E-state index contributed by atoms with van der Waals surface area (Å²) in [6.45, 7) is 3.22. The van der Waals surface area contributed by atoms with E-state index in [1.165, 1.54) is 31.2 Å². The lowest BCUT2D eigenvalue weighted by atomic mass is 10.2. The molecule has 0 saturated heterocycles. The molecule has 0 spiro atoms. The van der Waals surface area contributed by atoms with Crippen LogP contribution in [0.25, 0.3) is 0 Å². The third-order valence-corrected chi connectivity index (χ3v) is 4.01. The molecule has 0 saturated carbocycles. The van der Waals surface area contributed by atoms with Crippen molar-refractivity contribution in [1.29, 1.82) is 0 Å². The van der Waals surface area contributed by atoms with Crippen LogP contribution in [0.15, 0.2) is 40.6 Å². The van der Waals surface area contributed by atoms with Crippen molar-refractivity contribution in [3.63, 3.8) is 0 Å². The Balaban J connectivity index is 2.37. The number of benzene rings is 2. The number of aliphatic hydroxyl groups excluding tert-OH is 1. The van der Waals surface area contributed by atoms with Crippen LogP contribution in [0.2, 0.25) is 10.0 Å². The summed E-state index contributed by atoms with van der Waals surface area (Å²) in [5, 5.41) is 34.2. The number of nitrogens with one attached hydrogen (secondary N) is 2. The molecule has 0 aromatic heterocycles. The van der Waals surface area contributed by atoms with Gasteiger partial charge in [0.25, 0.3) is 5.69 Å². The third-order valence-electron chi connectivity index (χ3n) is 3.39. The number of nitrogens with zero attached hydrogens (tertiary/aromatic N) is 3. The van der Waals surface area contributed by atoms with Crippen LogP contribution in [0.4, 0.5) is 28.4 Å². The molecule has 148 valence electrons. The van der Waals surface area contributed by atoms with Crippen LogP contribution < -0.4 is 10.6 Å². The highest BCUT2D eigenvalue weighted by Crippen LogP contribution is 2.37. The number of carbonyl (C=O) groups excluding carboxylic acids is 1. The van der Waals surface area contributed by atoms with E-state index in [-0.39, 0.29) is 34.5 Å². The van der Waals surface area contributed by atoms with E-state index in [1.54, 1.807) is 13.0 Å². The summed E-state index contributed by atoms with van der Waals surface area (Å²) in [6.07, 6.45) is -0.594. The van der Waals surface area contributed by atoms with E-state index in [0.29, 0.717) is 16.4 Å². The molecular weight excluding hydrogens is 409 g/mol. The van der Waals surface area contributed by atoms with Crippen LogP contribution in [0.3, 0.4) is 0 Å². The molecule has 9 nitrogen and oxygen atoms in total. The largest absolute Gasteiger partial charge is 0.392 e. The maximum atomic E-state index is 11.5. The van der Waals surface area contributed by atoms with Crippen LogP contribution in [-0.4, -0.2) is 28.6 Å². The second-order valence-electron chi connectivity index (χ2n) is 5.85. The average molecular weight is 426 g/mol. The van der Waals surface area contributed by atoms with E-state index in [4.69, 9.17) is 23.2 Å². The minimum absolute atomic E-state index is 0.0559. The first-order valence-corrected chi connectivity index (χ1v) is 8.81. The zero-order valence-corrected chi connectivity index (χ0v) is 16.5. The summed E-state index contributed by atoms with van der Waals surface area (Å²) >= 11 is 12.2. The van der Waals surface area contributed by atoms with Crippen molar-refractivity contribution < 1.29 is 14.8 Å². The average Bonchev–Trinajstić information content (AvgIpc) is 2.60. The Labute approximate surface area is 170 Å². The topological polar surface area (TPSA) is 129 Å². The first-order valence-electron chi connectivity index (χ1n) is 8.06. The van der Waals surface area contributed by atoms with Crippen molar-refractivity contribution in [2.45, 2.75) is 20.0 Å². The van der Waals surface area contributed by atoms with Crippen molar-refractivity contribution in [1.82, 2.24) is 0 Å². The molecule has 0 unspecified atom stereocenters. The summed E-state index contributed by atoms with van der Waals surface area (Å²) in [6, 6.07) is 6.84. The maximum absolute atomic E-state index is 11.5. The number of anilines is 2. The summed E-state index contributed by atoms with van der Waals surface area (Å²) in [4.78, 5) is 21.7. The fourth-order valence-electron chi connectivity index (χ4n) is 2.13. The van der Waals surface area contributed by atoms with E-state index < -0.39 is 11.0 Å². The molecule has 2 aromatic carbocycles. The molecule has 0 radical (unpaired) electrons. The number of aliphatic hydroxyl groups is 1. The van der Waals surface area contributed by atoms with Crippen molar-refractivity contribution in [2.24, 2.45) is 10.2 Å². The SMILES string of the molecule is CC(=O)Nc1cc(NC[C@H](C)O)c(Cl)cc1N=Nc1ccc([N+](=O)[O-])cc1Cl. The van der Waals surface area contributed by atoms with E-state index in [9.17, 15) is 20.0 Å². The normalized spacial score (nSPS) is 12.0. The molecule has 11 heteroatoms. The van der Waals surface area contributed by atoms with Crippen LogP contribution in [0, 0.1) is 10.1 Å².